The summed E-state index contributed by atoms with van der Waals surface area (Å²) >= 11 is 31.1. The van der Waals surface area contributed by atoms with Crippen LogP contribution in [-0.2, 0) is 24.0 Å². The van der Waals surface area contributed by atoms with Crippen LogP contribution in [0.1, 0.15) is 103 Å². The smallest absolute Gasteiger partial charge is 0.315 e. The molecule has 5 aliphatic carbocycles. The molecule has 0 atom stereocenters. The molecule has 0 spiro atoms. The molecule has 5 fully saturated rings. The standard InChI is InChI=1S/C16H16ClN3O5.C16H17N3O6.C15H16N4O5.C13H12N4O5.C9H9NO6.C7H9NO.Cl5P.H3N/c1-24-13-6-10(5-12(20(22)23)15(13)25-2)14(17)11(7-18)16(21)19-8-9-3-4-9;1-24-13-6-10(5-12(19(22)23)15(13)25-2)14(20)11(7-17)16(21)18-8-9-3-4-9;1-23-12-6-8(5-11(19(21)22)14(12)24-2)13(17)10(7-16)15(20)18-9-3-4-9;14-5-8(13(20)16-7-1-2-7)11(15)6-3-9(17(21)22)12(19)10(18)4-6;1-15-7-4-5(9(11)12)3-6(10(13)14)8(7)16-2;1-8-5-7(9)4-6-2-3-6;1-6(2,3,4)5;/h5-6,9H,3-4,8H2,1-2H3,(H,19,21);5-6,9,20H,3-4,8H2,1-2H3,(H,18,21);5-6,9H,3-4,17H2,1-2H3,(H,18,20);3-4,7,18-19H,1-2,15H2,(H,16,20);3-4H,1-2H3,(H,11,12);6H,2-5H2;;1H3/b2*14-11-;13-10-;11-8-;;;;. The Morgan fingerprint density at radius 1 is 0.461 bits per heavy atom. The first-order valence-corrected chi connectivity index (χ1v) is 43.5. The summed E-state index contributed by atoms with van der Waals surface area (Å²) < 4.78 is 36.1. The van der Waals surface area contributed by atoms with Gasteiger partial charge in [0.05, 0.1) is 103 Å². The Kier molecular flexibility index (Phi) is 42.0. The zero-order chi connectivity index (χ0) is 95.8. The number of aliphatic hydroxyl groups is 1. The molecule has 5 aromatic rings. The van der Waals surface area contributed by atoms with Crippen LogP contribution in [0.4, 0.5) is 28.4 Å². The zero-order valence-corrected chi connectivity index (χ0v) is 74.1. The number of aliphatic hydroxyl groups excluding tert-OH is 1. The van der Waals surface area contributed by atoms with Crippen molar-refractivity contribution in [2.45, 2.75) is 82.7 Å². The van der Waals surface area contributed by atoms with E-state index in [1.165, 1.54) is 87.9 Å². The minimum atomic E-state index is -3.69. The number of Topliss-reactive ketones (excluding diaryl/α,β-unsaturated/α-hetero) is 1. The molecular formula is C76H82Cl6N17O28P. The number of hydrogen-bond acceptors (Lipinski definition) is 34. The molecule has 5 aliphatic rings. The molecule has 52 heteroatoms. The van der Waals surface area contributed by atoms with E-state index in [-0.39, 0.29) is 143 Å². The molecule has 4 amide bonds. The van der Waals surface area contributed by atoms with Crippen molar-refractivity contribution in [1.82, 2.24) is 27.4 Å². The van der Waals surface area contributed by atoms with Crippen LogP contribution < -0.4 is 76.8 Å². The number of amides is 4. The number of carboxylic acid groups (broad SMARTS) is 1. The first-order valence-electron chi connectivity index (χ1n) is 36.3. The summed E-state index contributed by atoms with van der Waals surface area (Å²) in [7, 11) is 10.2. The van der Waals surface area contributed by atoms with Crippen LogP contribution in [0, 0.1) is 120 Å². The molecule has 0 aromatic heterocycles. The number of ether oxygens (including phenoxy) is 8. The van der Waals surface area contributed by atoms with Crippen LogP contribution in [-0.4, -0.2) is 169 Å². The number of rotatable bonds is 31. The molecular weight excluding hydrogens is 1840 g/mol. The number of nitrogens with one attached hydrogen (secondary N) is 4. The molecule has 0 aliphatic heterocycles. The SMILES string of the molecule is COc1cc(/C(Cl)=C(\C#N)C(=O)NCC2CC2)cc([N+](=O)[O-])c1OC.COc1cc(/C(N)=C(\C#N)C(=O)NC2CC2)cc([N+](=O)[O-])c1OC.COc1cc(/C(O)=C(\C#N)C(=O)NCC2CC2)cc([N+](=O)[O-])c1OC.COc1cc(C(=O)O)cc([N+](=O)[O-])c1OC.ClP(Cl)(Cl)(Cl)Cl.N.N#C/C(C(=O)NC1CC1)=C(/N)c1cc(O)c(O)c([N+](=O)[O-])c1.[C-]#[N+]CC(=O)CC1CC1. The summed E-state index contributed by atoms with van der Waals surface area (Å²) in [6, 6.07) is 18.0. The zero-order valence-electron chi connectivity index (χ0n) is 68.7. The number of phenols is 2. The fourth-order valence-corrected chi connectivity index (χ4v) is 10.5. The quantitative estimate of drug-likeness (QED) is 0.00287. The maximum absolute atomic E-state index is 12.2. The maximum Gasteiger partial charge on any atom is 0.315 e. The Bertz CT molecular complexity index is 5310. The predicted molar refractivity (Wildman–Crippen MR) is 464 cm³/mol. The average molecular weight is 1930 g/mol. The number of nitro benzene ring substituents is 5. The van der Waals surface area contributed by atoms with Gasteiger partial charge in [-0.2, -0.15) is 21.0 Å². The van der Waals surface area contributed by atoms with Gasteiger partial charge in [-0.3, -0.25) is 74.5 Å². The summed E-state index contributed by atoms with van der Waals surface area (Å²) in [5, 5.41) is 140. The molecule has 686 valence electrons. The number of aromatic carboxylic acids is 1. The molecule has 128 heavy (non-hydrogen) atoms. The Morgan fingerprint density at radius 2 is 0.758 bits per heavy atom. The monoisotopic (exact) mass is 1920 g/mol. The van der Waals surface area contributed by atoms with Gasteiger partial charge in [0.15, 0.2) is 34.3 Å². The van der Waals surface area contributed by atoms with Gasteiger partial charge < -0.3 is 102 Å². The Hall–Kier alpha value is -13.9. The fourth-order valence-electron chi connectivity index (χ4n) is 10.3. The largest absolute Gasteiger partial charge is 0.504 e. The number of methoxy groups -OCH3 is 8. The van der Waals surface area contributed by atoms with Crippen LogP contribution in [0.2, 0.25) is 0 Å². The van der Waals surface area contributed by atoms with Crippen molar-refractivity contribution >= 4 is 157 Å². The van der Waals surface area contributed by atoms with Crippen LogP contribution in [0.15, 0.2) is 83.0 Å². The average Bonchev–Trinajstić information content (AvgIpc) is 1.78. The molecule has 15 N–H and O–H groups in total. The second-order valence-corrected chi connectivity index (χ2v) is 43.7. The van der Waals surface area contributed by atoms with E-state index in [0.717, 1.165) is 93.8 Å². The van der Waals surface area contributed by atoms with Crippen molar-refractivity contribution in [2.24, 2.45) is 29.2 Å². The van der Waals surface area contributed by atoms with Crippen molar-refractivity contribution in [3.05, 3.63) is 173 Å². The number of carboxylic acids is 1. The van der Waals surface area contributed by atoms with Crippen LogP contribution in [0.5, 0.6) is 57.5 Å². The van der Waals surface area contributed by atoms with E-state index in [9.17, 15) is 110 Å². The van der Waals surface area contributed by atoms with Gasteiger partial charge in [0.25, 0.3) is 30.2 Å². The third-order valence-electron chi connectivity index (χ3n) is 17.4. The number of nitriles is 4. The number of nitrogens with two attached hydrogens (primary N) is 2. The third-order valence-corrected chi connectivity index (χ3v) is 17.8. The molecule has 0 heterocycles. The molecule has 5 aromatic carbocycles. The summed E-state index contributed by atoms with van der Waals surface area (Å²) in [5.74, 6) is -4.89. The first-order chi connectivity index (χ1) is 59.7. The molecule has 10 rings (SSSR count). The van der Waals surface area contributed by atoms with E-state index in [4.69, 9.17) is 134 Å². The van der Waals surface area contributed by atoms with Crippen molar-refractivity contribution in [2.75, 3.05) is 76.5 Å². The molecule has 0 saturated heterocycles. The molecule has 0 bridgehead atoms. The van der Waals surface area contributed by atoms with Crippen molar-refractivity contribution in [3.8, 4) is 81.8 Å². The van der Waals surface area contributed by atoms with E-state index in [0.29, 0.717) is 37.3 Å². The van der Waals surface area contributed by atoms with Gasteiger partial charge in [0.1, 0.15) is 46.8 Å². The van der Waals surface area contributed by atoms with Gasteiger partial charge in [-0.05, 0) is 112 Å². The minimum Gasteiger partial charge on any atom is -0.504 e. The molecule has 0 radical (unpaired) electrons. The van der Waals surface area contributed by atoms with Gasteiger partial charge in [0.2, 0.25) is 34.5 Å². The number of nitrogens with zero attached hydrogens (tertiary/aromatic N) is 10. The van der Waals surface area contributed by atoms with E-state index >= 15 is 0 Å². The number of ketones is 1. The maximum atomic E-state index is 12.2. The normalized spacial score (nSPS) is 14.0. The second-order valence-electron chi connectivity index (χ2n) is 26.8. The van der Waals surface area contributed by atoms with Gasteiger partial charge in [-0.1, -0.05) is 11.6 Å². The molecule has 5 saturated carbocycles. The molecule has 45 nitrogen and oxygen atoms in total. The number of benzene rings is 5. The number of halogens is 6. The van der Waals surface area contributed by atoms with Gasteiger partial charge in [-0.25, -0.2) is 11.4 Å². The first kappa shape index (κ1) is 108. The number of hydrogen-bond donors (Lipinski definition) is 11. The molecule has 0 unspecified atom stereocenters. The third kappa shape index (κ3) is 33.9. The summed E-state index contributed by atoms with van der Waals surface area (Å²) in [6.45, 7) is 7.39. The van der Waals surface area contributed by atoms with Crippen molar-refractivity contribution in [3.63, 3.8) is 0 Å². The van der Waals surface area contributed by atoms with Gasteiger partial charge >= 0.3 is 94.0 Å². The Balaban J connectivity index is 0.000000397. The number of nitro groups is 5. The number of carbonyl (C=O) groups excluding carboxylic acids is 5. The topological polar surface area (TPSA) is 708 Å². The van der Waals surface area contributed by atoms with E-state index in [1.807, 2.05) is 0 Å². The fraction of sp³-hybridized carbons (Fsp3) is 0.355. The number of phenolic OH excluding ortho intramolecular Hbond substituents is 2. The predicted octanol–water partition coefficient (Wildman–Crippen LogP) is 13.2. The summed E-state index contributed by atoms with van der Waals surface area (Å²) in [4.78, 5) is 124. The second kappa shape index (κ2) is 49.7. The van der Waals surface area contributed by atoms with Crippen molar-refractivity contribution in [1.29, 1.82) is 21.0 Å². The number of aromatic hydroxyl groups is 2. The van der Waals surface area contributed by atoms with Crippen LogP contribution >= 0.6 is 71.2 Å². The minimum absolute atomic E-state index is 0. The summed E-state index contributed by atoms with van der Waals surface area (Å²) in [6.07, 6.45) is 10.5. The van der Waals surface area contributed by atoms with Crippen molar-refractivity contribution < 1.29 is 112 Å². The Labute approximate surface area is 756 Å². The van der Waals surface area contributed by atoms with Gasteiger partial charge in [-0.15, -0.1) is 0 Å². The number of carbonyl (C=O) groups is 6. The van der Waals surface area contributed by atoms with Gasteiger partial charge in [0, 0.05) is 84.2 Å². The Morgan fingerprint density at radius 3 is 1.06 bits per heavy atom. The van der Waals surface area contributed by atoms with E-state index < -0.39 is 103 Å². The van der Waals surface area contributed by atoms with E-state index in [1.54, 1.807) is 24.3 Å². The van der Waals surface area contributed by atoms with E-state index in [2.05, 4.69) is 26.1 Å². The summed E-state index contributed by atoms with van der Waals surface area (Å²) in [5.41, 5.74) is 6.94. The van der Waals surface area contributed by atoms with Crippen LogP contribution in [0.3, 0.4) is 0 Å². The van der Waals surface area contributed by atoms with Crippen LogP contribution in [0.25, 0.3) is 27.0 Å².